The van der Waals surface area contributed by atoms with Gasteiger partial charge in [-0.05, 0) is 86.7 Å². The van der Waals surface area contributed by atoms with Crippen LogP contribution in [0.2, 0.25) is 0 Å². The number of likely N-dealkylation sites (N-methyl/N-ethyl adjacent to an activating group) is 1. The molecule has 1 spiro atoms. The third-order valence-electron chi connectivity index (χ3n) is 8.38. The molecule has 7 heteroatoms. The molecule has 0 saturated heterocycles. The number of carbonyl (C=O) groups is 1. The number of benzene rings is 2. The van der Waals surface area contributed by atoms with Crippen molar-refractivity contribution in [2.45, 2.75) is 82.6 Å². The molecule has 0 aromatic heterocycles. The largest absolute Gasteiger partial charge is 0.490 e. The molecular weight excluding hydrogens is 518 g/mol. The molecule has 0 bridgehead atoms. The van der Waals surface area contributed by atoms with Gasteiger partial charge in [0.25, 0.3) is 0 Å². The molecule has 220 valence electrons. The van der Waals surface area contributed by atoms with Gasteiger partial charge in [0.2, 0.25) is 5.91 Å². The molecular formula is C33H49N3O3S. The lowest BCUT2D eigenvalue weighted by molar-refractivity contribution is -0.120. The first-order valence-electron chi connectivity index (χ1n) is 14.3. The van der Waals surface area contributed by atoms with Crippen molar-refractivity contribution in [3.63, 3.8) is 0 Å². The summed E-state index contributed by atoms with van der Waals surface area (Å²) < 4.78 is 9.47. The Morgan fingerprint density at radius 2 is 2.00 bits per heavy atom. The number of ether oxygens (including phenoxy) is 1. The fourth-order valence-corrected chi connectivity index (χ4v) is 6.63. The number of aliphatic hydroxyl groups excluding tert-OH is 1. The molecule has 1 amide bonds. The van der Waals surface area contributed by atoms with E-state index in [9.17, 15) is 4.79 Å². The predicted octanol–water partition coefficient (Wildman–Crippen LogP) is 6.19. The fourth-order valence-electron chi connectivity index (χ4n) is 5.93. The Kier molecular flexibility index (Phi) is 12.0. The standard InChI is InChI=1S/C31H41N3O2S.CH4O.CH4/c1-22-12-14-27-25(18-22)11-7-16-31(27)20-34(3)28-19-26(13-15-29(28)36-21-31)37-33-30(35)23(2)32-17-5-4-8-24-9-6-10-24;1-2;/h4-5,12-15,18-19,23-24,32H,6-11,16-17,20-21H2,1-3H3,(H,33,35);2H,1H3;1H4/b5-4-;;/t23-,31+;;/m1../s1. The number of allylic oxidation sites excluding steroid dienone is 1. The van der Waals surface area contributed by atoms with Gasteiger partial charge in [-0.25, -0.2) is 0 Å². The first-order chi connectivity index (χ1) is 18.9. The quantitative estimate of drug-likeness (QED) is 0.261. The molecule has 3 aliphatic rings. The lowest BCUT2D eigenvalue weighted by atomic mass is 9.70. The molecule has 2 atom stereocenters. The zero-order valence-corrected chi connectivity index (χ0v) is 24.8. The molecule has 40 heavy (non-hydrogen) atoms. The molecule has 2 aromatic rings. The molecule has 0 unspecified atom stereocenters. The summed E-state index contributed by atoms with van der Waals surface area (Å²) in [6.07, 6.45) is 13.2. The van der Waals surface area contributed by atoms with Crippen LogP contribution in [0.15, 0.2) is 53.4 Å². The average Bonchev–Trinajstić information content (AvgIpc) is 3.05. The Morgan fingerprint density at radius 1 is 1.20 bits per heavy atom. The van der Waals surface area contributed by atoms with Crippen molar-refractivity contribution in [3.05, 3.63) is 65.2 Å². The van der Waals surface area contributed by atoms with E-state index < -0.39 is 0 Å². The van der Waals surface area contributed by atoms with E-state index in [1.165, 1.54) is 60.7 Å². The number of rotatable bonds is 8. The molecule has 0 radical (unpaired) electrons. The normalized spacial score (nSPS) is 20.6. The number of nitrogens with zero attached hydrogens (tertiary/aromatic N) is 1. The van der Waals surface area contributed by atoms with Crippen LogP contribution in [0.25, 0.3) is 0 Å². The van der Waals surface area contributed by atoms with Crippen molar-refractivity contribution in [2.75, 3.05) is 38.8 Å². The van der Waals surface area contributed by atoms with E-state index in [2.05, 4.69) is 65.3 Å². The van der Waals surface area contributed by atoms with Crippen LogP contribution in [0.3, 0.4) is 0 Å². The van der Waals surface area contributed by atoms with Gasteiger partial charge >= 0.3 is 0 Å². The maximum atomic E-state index is 12.6. The maximum Gasteiger partial charge on any atom is 0.246 e. The van der Waals surface area contributed by atoms with Gasteiger partial charge in [0, 0.05) is 37.6 Å². The van der Waals surface area contributed by atoms with E-state index >= 15 is 0 Å². The Balaban J connectivity index is 0.00000144. The summed E-state index contributed by atoms with van der Waals surface area (Å²) in [5.74, 6) is 1.79. The molecule has 1 aliphatic heterocycles. The lowest BCUT2D eigenvalue weighted by Crippen LogP contribution is -2.44. The predicted molar refractivity (Wildman–Crippen MR) is 168 cm³/mol. The Morgan fingerprint density at radius 3 is 2.75 bits per heavy atom. The number of fused-ring (bicyclic) bond motifs is 3. The third-order valence-corrected chi connectivity index (χ3v) is 9.18. The highest BCUT2D eigenvalue weighted by molar-refractivity contribution is 7.98. The molecule has 3 N–H and O–H groups in total. The van der Waals surface area contributed by atoms with Crippen LogP contribution < -0.4 is 19.7 Å². The second-order valence-corrected chi connectivity index (χ2v) is 12.2. The maximum absolute atomic E-state index is 12.6. The number of carbonyl (C=O) groups excluding carboxylic acids is 1. The monoisotopic (exact) mass is 567 g/mol. The van der Waals surface area contributed by atoms with Crippen LogP contribution in [0.1, 0.15) is 69.6 Å². The summed E-state index contributed by atoms with van der Waals surface area (Å²) in [6, 6.07) is 12.9. The number of nitrogens with one attached hydrogen (secondary N) is 2. The van der Waals surface area contributed by atoms with Gasteiger partial charge in [-0.3, -0.25) is 9.52 Å². The SMILES string of the molecule is C.CO.Cc1ccc2c(c1)CCC[C@]21COc2ccc(SNC(=O)[C@@H](C)NC/C=C\CC3CCC3)cc2N(C)C1. The Bertz CT molecular complexity index is 1150. The van der Waals surface area contributed by atoms with Crippen molar-refractivity contribution < 1.29 is 14.6 Å². The lowest BCUT2D eigenvalue weighted by Gasteiger charge is -2.40. The minimum Gasteiger partial charge on any atom is -0.490 e. The van der Waals surface area contributed by atoms with Gasteiger partial charge in [0.05, 0.1) is 18.3 Å². The highest BCUT2D eigenvalue weighted by Gasteiger charge is 2.40. The Labute approximate surface area is 246 Å². The summed E-state index contributed by atoms with van der Waals surface area (Å²) in [5.41, 5.74) is 5.34. The van der Waals surface area contributed by atoms with Crippen molar-refractivity contribution in [1.29, 1.82) is 0 Å². The summed E-state index contributed by atoms with van der Waals surface area (Å²) in [7, 11) is 3.16. The summed E-state index contributed by atoms with van der Waals surface area (Å²) >= 11 is 1.37. The first-order valence-corrected chi connectivity index (χ1v) is 15.1. The van der Waals surface area contributed by atoms with Crippen molar-refractivity contribution in [3.8, 4) is 5.75 Å². The van der Waals surface area contributed by atoms with Gasteiger partial charge in [0.1, 0.15) is 5.75 Å². The zero-order chi connectivity index (χ0) is 27.8. The van der Waals surface area contributed by atoms with Gasteiger partial charge in [0.15, 0.2) is 0 Å². The van der Waals surface area contributed by atoms with Crippen molar-refractivity contribution in [1.82, 2.24) is 10.0 Å². The van der Waals surface area contributed by atoms with E-state index in [4.69, 9.17) is 9.84 Å². The van der Waals surface area contributed by atoms with E-state index in [0.717, 1.165) is 55.3 Å². The molecule has 1 saturated carbocycles. The van der Waals surface area contributed by atoms with E-state index in [-0.39, 0.29) is 24.8 Å². The van der Waals surface area contributed by atoms with E-state index in [1.54, 1.807) is 0 Å². The zero-order valence-electron chi connectivity index (χ0n) is 24.0. The van der Waals surface area contributed by atoms with Gasteiger partial charge in [-0.15, -0.1) is 0 Å². The van der Waals surface area contributed by atoms with Crippen LogP contribution in [0, 0.1) is 12.8 Å². The van der Waals surface area contributed by atoms with Gasteiger partial charge < -0.3 is 20.1 Å². The molecule has 1 fully saturated rings. The molecule has 1 heterocycles. The van der Waals surface area contributed by atoms with Gasteiger partial charge in [-0.2, -0.15) is 0 Å². The average molecular weight is 568 g/mol. The van der Waals surface area contributed by atoms with E-state index in [1.807, 2.05) is 19.1 Å². The first kappa shape index (κ1) is 32.0. The van der Waals surface area contributed by atoms with Crippen LogP contribution >= 0.6 is 11.9 Å². The molecule has 2 aliphatic carbocycles. The number of aliphatic hydroxyl groups is 1. The fraction of sp³-hybridized carbons (Fsp3) is 0.545. The molecule has 6 nitrogen and oxygen atoms in total. The summed E-state index contributed by atoms with van der Waals surface area (Å²) in [4.78, 5) is 16.0. The minimum atomic E-state index is -0.248. The third kappa shape index (κ3) is 7.62. The van der Waals surface area contributed by atoms with Gasteiger partial charge in [-0.1, -0.05) is 62.6 Å². The summed E-state index contributed by atoms with van der Waals surface area (Å²) in [6.45, 7) is 6.43. The second kappa shape index (κ2) is 14.9. The minimum absolute atomic E-state index is 0. The van der Waals surface area contributed by atoms with Crippen LogP contribution in [0.4, 0.5) is 5.69 Å². The molecule has 2 aromatic carbocycles. The number of anilines is 1. The smallest absolute Gasteiger partial charge is 0.246 e. The number of amides is 1. The Hall–Kier alpha value is -2.48. The molecule has 5 rings (SSSR count). The van der Waals surface area contributed by atoms with Crippen LogP contribution in [-0.2, 0) is 16.6 Å². The van der Waals surface area contributed by atoms with Crippen LogP contribution in [-0.4, -0.2) is 50.9 Å². The van der Waals surface area contributed by atoms with E-state index in [0.29, 0.717) is 6.61 Å². The topological polar surface area (TPSA) is 73.8 Å². The van der Waals surface area contributed by atoms with Crippen molar-refractivity contribution >= 4 is 23.5 Å². The highest BCUT2D eigenvalue weighted by Crippen LogP contribution is 2.44. The number of hydrogen-bond acceptors (Lipinski definition) is 6. The van der Waals surface area contributed by atoms with Crippen LogP contribution in [0.5, 0.6) is 5.75 Å². The number of hydrogen-bond donors (Lipinski definition) is 3. The van der Waals surface area contributed by atoms with Crippen molar-refractivity contribution in [2.24, 2.45) is 5.92 Å². The number of aryl methyl sites for hydroxylation is 2. The second-order valence-electron chi connectivity index (χ2n) is 11.3. The highest BCUT2D eigenvalue weighted by atomic mass is 32.2. The summed E-state index contributed by atoms with van der Waals surface area (Å²) in [5, 5.41) is 10.3.